The number of barbiturate groups is 1. The van der Waals surface area contributed by atoms with Crippen molar-refractivity contribution in [3.63, 3.8) is 0 Å². The van der Waals surface area contributed by atoms with E-state index in [9.17, 15) is 14.4 Å². The Morgan fingerprint density at radius 3 is 2.41 bits per heavy atom. The van der Waals surface area contributed by atoms with Gasteiger partial charge in [0.25, 0.3) is 11.8 Å². The summed E-state index contributed by atoms with van der Waals surface area (Å²) < 4.78 is 8.01. The second-order valence-electron chi connectivity index (χ2n) is 8.89. The summed E-state index contributed by atoms with van der Waals surface area (Å²) in [5, 5.41) is 3.19. The van der Waals surface area contributed by atoms with Crippen LogP contribution in [-0.4, -0.2) is 29.0 Å². The lowest BCUT2D eigenvalue weighted by Crippen LogP contribution is -2.54. The van der Waals surface area contributed by atoms with Crippen molar-refractivity contribution in [3.8, 4) is 5.75 Å². The van der Waals surface area contributed by atoms with Crippen LogP contribution in [-0.2, 0) is 22.6 Å². The number of fused-ring (bicyclic) bond motifs is 1. The fourth-order valence-electron chi connectivity index (χ4n) is 4.48. The second kappa shape index (κ2) is 10.1. The summed E-state index contributed by atoms with van der Waals surface area (Å²) in [6, 6.07) is 22.0. The number of aryl methyl sites for hydroxylation is 2. The molecule has 37 heavy (non-hydrogen) atoms. The average Bonchev–Trinajstić information content (AvgIpc) is 3.25. The SMILES string of the molecule is CCc1ccc(N2C(=O)NC(=O)/C(=C\c3cn(CCOc4ccccc4C)c4ccccc34)C2=O)cc1. The first kappa shape index (κ1) is 24.1. The predicted molar refractivity (Wildman–Crippen MR) is 143 cm³/mol. The molecule has 186 valence electrons. The van der Waals surface area contributed by atoms with Gasteiger partial charge in [0.05, 0.1) is 12.2 Å². The van der Waals surface area contributed by atoms with Crippen LogP contribution in [0.3, 0.4) is 0 Å². The lowest BCUT2D eigenvalue weighted by molar-refractivity contribution is -0.122. The highest BCUT2D eigenvalue weighted by Gasteiger charge is 2.37. The molecule has 3 aromatic carbocycles. The molecule has 0 saturated carbocycles. The van der Waals surface area contributed by atoms with Crippen molar-refractivity contribution in [1.82, 2.24) is 9.88 Å². The second-order valence-corrected chi connectivity index (χ2v) is 8.89. The largest absolute Gasteiger partial charge is 0.491 e. The Labute approximate surface area is 215 Å². The van der Waals surface area contributed by atoms with Crippen molar-refractivity contribution in [3.05, 3.63) is 101 Å². The van der Waals surface area contributed by atoms with E-state index in [1.807, 2.05) is 85.3 Å². The van der Waals surface area contributed by atoms with Crippen molar-refractivity contribution in [2.75, 3.05) is 11.5 Å². The number of hydrogen-bond acceptors (Lipinski definition) is 4. The zero-order valence-corrected chi connectivity index (χ0v) is 20.7. The van der Waals surface area contributed by atoms with Crippen molar-refractivity contribution < 1.29 is 19.1 Å². The van der Waals surface area contributed by atoms with Gasteiger partial charge >= 0.3 is 6.03 Å². The minimum absolute atomic E-state index is 0.0989. The normalized spacial score (nSPS) is 14.9. The molecule has 1 N–H and O–H groups in total. The van der Waals surface area contributed by atoms with Gasteiger partial charge < -0.3 is 9.30 Å². The molecule has 0 bridgehead atoms. The number of nitrogens with zero attached hydrogens (tertiary/aromatic N) is 2. The van der Waals surface area contributed by atoms with Crippen LogP contribution in [0.5, 0.6) is 5.75 Å². The van der Waals surface area contributed by atoms with Crippen LogP contribution in [0.1, 0.15) is 23.6 Å². The Morgan fingerprint density at radius 2 is 1.65 bits per heavy atom. The number of anilines is 1. The average molecular weight is 494 g/mol. The zero-order valence-electron chi connectivity index (χ0n) is 20.7. The topological polar surface area (TPSA) is 80.6 Å². The first-order chi connectivity index (χ1) is 18.0. The molecule has 4 aromatic rings. The maximum Gasteiger partial charge on any atom is 0.335 e. The van der Waals surface area contributed by atoms with E-state index in [0.717, 1.165) is 39.1 Å². The van der Waals surface area contributed by atoms with E-state index >= 15 is 0 Å². The van der Waals surface area contributed by atoms with Crippen LogP contribution in [0.15, 0.2) is 84.6 Å². The first-order valence-electron chi connectivity index (χ1n) is 12.2. The number of imide groups is 2. The van der Waals surface area contributed by atoms with Crippen LogP contribution in [0.4, 0.5) is 10.5 Å². The quantitative estimate of drug-likeness (QED) is 0.281. The third-order valence-corrected chi connectivity index (χ3v) is 6.51. The third kappa shape index (κ3) is 4.76. The standard InChI is InChI=1S/C30H27N3O4/c1-3-21-12-14-23(15-13-21)33-29(35)25(28(34)31-30(33)36)18-22-19-32(26-10-6-5-9-24(22)26)16-17-37-27-11-7-4-8-20(27)2/h4-15,18-19H,3,16-17H2,1-2H3,(H,31,34,36)/b25-18+. The van der Waals surface area contributed by atoms with Crippen LogP contribution < -0.4 is 15.0 Å². The maximum absolute atomic E-state index is 13.4. The smallest absolute Gasteiger partial charge is 0.335 e. The Morgan fingerprint density at radius 1 is 0.919 bits per heavy atom. The minimum Gasteiger partial charge on any atom is -0.491 e. The summed E-state index contributed by atoms with van der Waals surface area (Å²) in [6.07, 6.45) is 4.29. The summed E-state index contributed by atoms with van der Waals surface area (Å²) in [4.78, 5) is 39.7. The van der Waals surface area contributed by atoms with E-state index in [0.29, 0.717) is 24.4 Å². The summed E-state index contributed by atoms with van der Waals surface area (Å²) in [7, 11) is 0. The lowest BCUT2D eigenvalue weighted by atomic mass is 10.1. The molecule has 5 rings (SSSR count). The summed E-state index contributed by atoms with van der Waals surface area (Å²) in [5.41, 5.74) is 4.12. The maximum atomic E-state index is 13.4. The molecule has 1 aliphatic rings. The molecular formula is C30H27N3O4. The van der Waals surface area contributed by atoms with Crippen LogP contribution >= 0.6 is 0 Å². The molecule has 1 aliphatic heterocycles. The molecule has 0 unspecified atom stereocenters. The van der Waals surface area contributed by atoms with Gasteiger partial charge in [0.15, 0.2) is 0 Å². The summed E-state index contributed by atoms with van der Waals surface area (Å²) in [5.74, 6) is -0.531. The molecule has 1 saturated heterocycles. The molecule has 4 amide bonds. The van der Waals surface area contributed by atoms with Crippen LogP contribution in [0.2, 0.25) is 0 Å². The fourth-order valence-corrected chi connectivity index (χ4v) is 4.48. The van der Waals surface area contributed by atoms with Gasteiger partial charge in [0, 0.05) is 22.7 Å². The van der Waals surface area contributed by atoms with Gasteiger partial charge in [-0.25, -0.2) is 9.69 Å². The number of aromatic nitrogens is 1. The minimum atomic E-state index is -0.757. The summed E-state index contributed by atoms with van der Waals surface area (Å²) in [6.45, 7) is 5.06. The Kier molecular flexibility index (Phi) is 6.60. The number of rotatable bonds is 7. The van der Waals surface area contributed by atoms with Crippen molar-refractivity contribution in [1.29, 1.82) is 0 Å². The Balaban J connectivity index is 1.45. The highest BCUT2D eigenvalue weighted by atomic mass is 16.5. The number of carbonyl (C=O) groups excluding carboxylic acids is 3. The molecule has 1 fully saturated rings. The van der Waals surface area contributed by atoms with Crippen molar-refractivity contribution >= 4 is 40.5 Å². The summed E-state index contributed by atoms with van der Waals surface area (Å²) >= 11 is 0. The monoisotopic (exact) mass is 493 g/mol. The number of amides is 4. The number of carbonyl (C=O) groups is 3. The molecule has 0 aliphatic carbocycles. The molecule has 0 atom stereocenters. The van der Waals surface area contributed by atoms with Crippen LogP contribution in [0.25, 0.3) is 17.0 Å². The number of urea groups is 1. The predicted octanol–water partition coefficient (Wildman–Crippen LogP) is 5.26. The van der Waals surface area contributed by atoms with Gasteiger partial charge in [-0.2, -0.15) is 0 Å². The van der Waals surface area contributed by atoms with E-state index in [1.54, 1.807) is 18.2 Å². The molecule has 1 aromatic heterocycles. The molecule has 0 radical (unpaired) electrons. The zero-order chi connectivity index (χ0) is 25.9. The molecule has 7 heteroatoms. The third-order valence-electron chi connectivity index (χ3n) is 6.51. The van der Waals surface area contributed by atoms with E-state index in [4.69, 9.17) is 4.74 Å². The van der Waals surface area contributed by atoms with E-state index in [1.165, 1.54) is 0 Å². The van der Waals surface area contributed by atoms with E-state index in [-0.39, 0.29) is 5.57 Å². The fraction of sp³-hybridized carbons (Fsp3) is 0.167. The van der Waals surface area contributed by atoms with Crippen molar-refractivity contribution in [2.24, 2.45) is 0 Å². The van der Waals surface area contributed by atoms with Gasteiger partial charge in [0.2, 0.25) is 0 Å². The van der Waals surface area contributed by atoms with Gasteiger partial charge in [-0.15, -0.1) is 0 Å². The lowest BCUT2D eigenvalue weighted by Gasteiger charge is -2.26. The number of nitrogens with one attached hydrogen (secondary N) is 1. The van der Waals surface area contributed by atoms with E-state index in [2.05, 4.69) is 5.32 Å². The highest BCUT2D eigenvalue weighted by molar-refractivity contribution is 6.39. The molecule has 0 spiro atoms. The number of para-hydroxylation sites is 2. The Hall–Kier alpha value is -4.65. The van der Waals surface area contributed by atoms with Gasteiger partial charge in [-0.1, -0.05) is 55.5 Å². The molecular weight excluding hydrogens is 466 g/mol. The van der Waals surface area contributed by atoms with Crippen molar-refractivity contribution in [2.45, 2.75) is 26.8 Å². The number of benzene rings is 3. The molecule has 7 nitrogen and oxygen atoms in total. The van der Waals surface area contributed by atoms with Gasteiger partial charge in [-0.05, 0) is 54.8 Å². The van der Waals surface area contributed by atoms with E-state index < -0.39 is 17.8 Å². The first-order valence-corrected chi connectivity index (χ1v) is 12.2. The van der Waals surface area contributed by atoms with Crippen LogP contribution in [0, 0.1) is 6.92 Å². The number of hydrogen-bond donors (Lipinski definition) is 1. The highest BCUT2D eigenvalue weighted by Crippen LogP contribution is 2.27. The number of ether oxygens (including phenoxy) is 1. The van der Waals surface area contributed by atoms with Gasteiger partial charge in [-0.3, -0.25) is 14.9 Å². The molecule has 2 heterocycles. The van der Waals surface area contributed by atoms with Gasteiger partial charge in [0.1, 0.15) is 17.9 Å². The Bertz CT molecular complexity index is 1530.